The van der Waals surface area contributed by atoms with E-state index in [9.17, 15) is 14.0 Å². The molecule has 0 heterocycles. The molecule has 1 rings (SSSR count). The first-order valence-electron chi connectivity index (χ1n) is 3.98. The minimum absolute atomic E-state index is 0.00440. The van der Waals surface area contributed by atoms with Crippen LogP contribution in [0.4, 0.5) is 15.8 Å². The lowest BCUT2D eigenvalue weighted by atomic mass is 10.2. The predicted molar refractivity (Wildman–Crippen MR) is 53.0 cm³/mol. The number of hydrogen-bond acceptors (Lipinski definition) is 3. The van der Waals surface area contributed by atoms with Gasteiger partial charge in [-0.3, -0.25) is 4.79 Å². The van der Waals surface area contributed by atoms with Gasteiger partial charge in [0.2, 0.25) is 12.0 Å². The number of hydrogen-bond donors (Lipinski definition) is 1. The van der Waals surface area contributed by atoms with Crippen LogP contribution >= 0.6 is 0 Å². The Balaban J connectivity index is 2.97. The molecule has 0 unspecified atom stereocenters. The van der Waals surface area contributed by atoms with Gasteiger partial charge in [0, 0.05) is 6.07 Å². The molecule has 0 radical (unpaired) electrons. The van der Waals surface area contributed by atoms with Crippen molar-refractivity contribution in [2.24, 2.45) is 4.99 Å². The first-order valence-corrected chi connectivity index (χ1v) is 3.98. The summed E-state index contributed by atoms with van der Waals surface area (Å²) in [5, 5.41) is 2.26. The normalized spacial score (nSPS) is 8.87. The number of rotatable bonds is 3. The Morgan fingerprint density at radius 3 is 2.87 bits per heavy atom. The number of aliphatic imine (C=N–C) groups is 1. The van der Waals surface area contributed by atoms with Gasteiger partial charge in [-0.15, -0.1) is 0 Å². The topological polar surface area (TPSA) is 58.5 Å². The Labute approximate surface area is 85.1 Å². The average Bonchev–Trinajstić information content (AvgIpc) is 2.22. The molecule has 0 aromatic heterocycles. The van der Waals surface area contributed by atoms with Crippen molar-refractivity contribution in [1.82, 2.24) is 0 Å². The summed E-state index contributed by atoms with van der Waals surface area (Å²) >= 11 is 0. The third-order valence-corrected chi connectivity index (χ3v) is 1.57. The van der Waals surface area contributed by atoms with Crippen molar-refractivity contribution in [2.75, 3.05) is 5.32 Å². The second-order valence-corrected chi connectivity index (χ2v) is 2.56. The molecule has 1 N–H and O–H groups in total. The highest BCUT2D eigenvalue weighted by Crippen LogP contribution is 2.20. The van der Waals surface area contributed by atoms with Crippen LogP contribution in [0.2, 0.25) is 0 Å². The van der Waals surface area contributed by atoms with E-state index in [1.165, 1.54) is 18.2 Å². The van der Waals surface area contributed by atoms with Crippen molar-refractivity contribution in [3.63, 3.8) is 0 Å². The van der Waals surface area contributed by atoms with Crippen LogP contribution in [0.3, 0.4) is 0 Å². The van der Waals surface area contributed by atoms with E-state index >= 15 is 0 Å². The fraction of sp³-hybridized carbons (Fsp3) is 0. The molecule has 0 spiro atoms. The Morgan fingerprint density at radius 1 is 1.60 bits per heavy atom. The molecule has 1 aromatic rings. The van der Waals surface area contributed by atoms with Gasteiger partial charge in [-0.05, 0) is 18.2 Å². The van der Waals surface area contributed by atoms with Gasteiger partial charge in [-0.25, -0.2) is 9.18 Å². The van der Waals surface area contributed by atoms with Crippen molar-refractivity contribution in [3.8, 4) is 0 Å². The van der Waals surface area contributed by atoms with Crippen molar-refractivity contribution in [1.29, 1.82) is 0 Å². The number of nitrogens with one attached hydrogen (secondary N) is 1. The Kier molecular flexibility index (Phi) is 3.49. The lowest BCUT2D eigenvalue weighted by Crippen LogP contribution is -2.08. The van der Waals surface area contributed by atoms with E-state index in [2.05, 4.69) is 16.9 Å². The number of halogens is 1. The first-order chi connectivity index (χ1) is 7.17. The lowest BCUT2D eigenvalue weighted by molar-refractivity contribution is -0.111. The van der Waals surface area contributed by atoms with Crippen molar-refractivity contribution in [2.45, 2.75) is 0 Å². The molecule has 1 amide bonds. The lowest BCUT2D eigenvalue weighted by Gasteiger charge is -2.03. The number of nitrogens with zero attached hydrogens (tertiary/aromatic N) is 1. The third kappa shape index (κ3) is 2.86. The van der Waals surface area contributed by atoms with E-state index in [0.29, 0.717) is 0 Å². The fourth-order valence-corrected chi connectivity index (χ4v) is 0.911. The predicted octanol–water partition coefficient (Wildman–Crippen LogP) is 1.92. The summed E-state index contributed by atoms with van der Waals surface area (Å²) in [6.45, 7) is 3.23. The number of amides is 1. The second kappa shape index (κ2) is 4.83. The van der Waals surface area contributed by atoms with E-state index < -0.39 is 11.7 Å². The van der Waals surface area contributed by atoms with Crippen LogP contribution in [0, 0.1) is 5.82 Å². The zero-order chi connectivity index (χ0) is 11.3. The van der Waals surface area contributed by atoms with Gasteiger partial charge in [0.05, 0.1) is 11.4 Å². The standard InChI is InChI=1S/C10H7FN2O2/c1-2-10(15)13-9-4-3-7(12-6-14)5-8(9)11/h2-5H,1H2,(H,13,15). The molecule has 1 aromatic carbocycles. The Hall–Kier alpha value is -2.26. The van der Waals surface area contributed by atoms with Crippen molar-refractivity contribution in [3.05, 3.63) is 36.7 Å². The highest BCUT2D eigenvalue weighted by molar-refractivity contribution is 5.99. The van der Waals surface area contributed by atoms with Gasteiger partial charge in [0.1, 0.15) is 5.82 Å². The summed E-state index contributed by atoms with van der Waals surface area (Å²) < 4.78 is 13.2. The van der Waals surface area contributed by atoms with Crippen molar-refractivity contribution < 1.29 is 14.0 Å². The number of isocyanates is 1. The summed E-state index contributed by atoms with van der Waals surface area (Å²) in [5.74, 6) is -1.19. The van der Waals surface area contributed by atoms with Crippen LogP contribution in [0.1, 0.15) is 0 Å². The highest BCUT2D eigenvalue weighted by Gasteiger charge is 2.04. The summed E-state index contributed by atoms with van der Waals surface area (Å²) in [4.78, 5) is 24.0. The minimum Gasteiger partial charge on any atom is -0.320 e. The molecule has 0 aliphatic heterocycles. The van der Waals surface area contributed by atoms with Crippen molar-refractivity contribution >= 4 is 23.4 Å². The number of benzene rings is 1. The first kappa shape index (κ1) is 10.8. The molecular weight excluding hydrogens is 199 g/mol. The van der Waals surface area contributed by atoms with Crippen LogP contribution in [0.25, 0.3) is 0 Å². The molecule has 0 atom stereocenters. The van der Waals surface area contributed by atoms with Gasteiger partial charge in [0.25, 0.3) is 0 Å². The van der Waals surface area contributed by atoms with E-state index in [1.807, 2.05) is 0 Å². The maximum atomic E-state index is 13.2. The molecule has 76 valence electrons. The molecule has 0 bridgehead atoms. The van der Waals surface area contributed by atoms with E-state index in [0.717, 1.165) is 12.1 Å². The maximum Gasteiger partial charge on any atom is 0.247 e. The summed E-state index contributed by atoms with van der Waals surface area (Å²) in [6, 6.07) is 3.70. The summed E-state index contributed by atoms with van der Waals surface area (Å²) in [6.07, 6.45) is 2.31. The summed E-state index contributed by atoms with van der Waals surface area (Å²) in [7, 11) is 0. The van der Waals surface area contributed by atoms with Crippen LogP contribution in [-0.2, 0) is 9.59 Å². The van der Waals surface area contributed by atoms with Gasteiger partial charge in [0.15, 0.2) is 0 Å². The zero-order valence-electron chi connectivity index (χ0n) is 7.66. The van der Waals surface area contributed by atoms with E-state index in [-0.39, 0.29) is 11.4 Å². The maximum absolute atomic E-state index is 13.2. The molecule has 15 heavy (non-hydrogen) atoms. The monoisotopic (exact) mass is 206 g/mol. The van der Waals surface area contributed by atoms with Gasteiger partial charge >= 0.3 is 0 Å². The van der Waals surface area contributed by atoms with E-state index in [1.54, 1.807) is 0 Å². The second-order valence-electron chi connectivity index (χ2n) is 2.56. The summed E-state index contributed by atoms with van der Waals surface area (Å²) in [5.41, 5.74) is 0.142. The molecule has 0 saturated heterocycles. The van der Waals surface area contributed by atoms with Crippen LogP contribution in [0.5, 0.6) is 0 Å². The SMILES string of the molecule is C=CC(=O)Nc1ccc(N=C=O)cc1F. The van der Waals surface area contributed by atoms with Crippen LogP contribution < -0.4 is 5.32 Å². The van der Waals surface area contributed by atoms with Crippen LogP contribution in [0.15, 0.2) is 35.8 Å². The van der Waals surface area contributed by atoms with Crippen LogP contribution in [-0.4, -0.2) is 12.0 Å². The average molecular weight is 206 g/mol. The smallest absolute Gasteiger partial charge is 0.247 e. The Bertz CT molecular complexity index is 451. The van der Waals surface area contributed by atoms with Gasteiger partial charge < -0.3 is 5.32 Å². The number of anilines is 1. The highest BCUT2D eigenvalue weighted by atomic mass is 19.1. The van der Waals surface area contributed by atoms with Gasteiger partial charge in [-0.2, -0.15) is 4.99 Å². The Morgan fingerprint density at radius 2 is 2.33 bits per heavy atom. The molecule has 0 aliphatic carbocycles. The molecule has 0 fully saturated rings. The molecule has 5 heteroatoms. The van der Waals surface area contributed by atoms with Gasteiger partial charge in [-0.1, -0.05) is 6.58 Å². The fourth-order valence-electron chi connectivity index (χ4n) is 0.911. The molecular formula is C10H7FN2O2. The quantitative estimate of drug-likeness (QED) is 0.466. The van der Waals surface area contributed by atoms with E-state index in [4.69, 9.17) is 0 Å². The molecule has 4 nitrogen and oxygen atoms in total. The molecule has 0 saturated carbocycles. The molecule has 0 aliphatic rings. The minimum atomic E-state index is -0.679. The zero-order valence-corrected chi connectivity index (χ0v) is 7.66. The number of carbonyl (C=O) groups excluding carboxylic acids is 2. The largest absolute Gasteiger partial charge is 0.320 e. The third-order valence-electron chi connectivity index (χ3n) is 1.57. The number of carbonyl (C=O) groups is 1.